The Kier molecular flexibility index (Phi) is 6.85. The molecule has 2 aromatic rings. The topological polar surface area (TPSA) is 70.8 Å². The van der Waals surface area contributed by atoms with Crippen molar-refractivity contribution in [3.8, 4) is 5.75 Å². The molecule has 3 rings (SSSR count). The maximum Gasteiger partial charge on any atom is 0.494 e. The molecule has 6 nitrogen and oxygen atoms in total. The van der Waals surface area contributed by atoms with Crippen molar-refractivity contribution >= 4 is 18.3 Å². The first-order valence-electron chi connectivity index (χ1n) is 9.50. The fourth-order valence-corrected chi connectivity index (χ4v) is 2.58. The third-order valence-corrected chi connectivity index (χ3v) is 4.96. The van der Waals surface area contributed by atoms with E-state index in [0.717, 1.165) is 11.0 Å². The fraction of sp³-hybridized carbons (Fsp3) is 0.429. The minimum Gasteiger partial charge on any atom is -0.489 e. The summed E-state index contributed by atoms with van der Waals surface area (Å²) in [6, 6.07) is 13.9. The summed E-state index contributed by atoms with van der Waals surface area (Å²) in [7, 11) is -0.399. The number of benzene rings is 2. The van der Waals surface area contributed by atoms with Gasteiger partial charge in [-0.05, 0) is 63.0 Å². The Morgan fingerprint density at radius 2 is 1.43 bits per heavy atom. The summed E-state index contributed by atoms with van der Waals surface area (Å²) in [6.45, 7) is 12.4. The maximum atomic E-state index is 10.7. The molecule has 0 unspecified atom stereocenters. The average molecular weight is 385 g/mol. The van der Waals surface area contributed by atoms with Crippen LogP contribution in [0.15, 0.2) is 48.5 Å². The molecule has 7 heteroatoms. The number of nitro benzene ring substituents is 1. The van der Waals surface area contributed by atoms with Crippen molar-refractivity contribution in [3.05, 3.63) is 64.2 Å². The second-order valence-corrected chi connectivity index (χ2v) is 7.37. The van der Waals surface area contributed by atoms with Crippen LogP contribution in [0.25, 0.3) is 0 Å². The van der Waals surface area contributed by atoms with Gasteiger partial charge in [-0.25, -0.2) is 0 Å². The average Bonchev–Trinajstić information content (AvgIpc) is 2.90. The molecule has 28 heavy (non-hydrogen) atoms. The highest BCUT2D eigenvalue weighted by molar-refractivity contribution is 6.62. The van der Waals surface area contributed by atoms with Crippen molar-refractivity contribution in [2.75, 3.05) is 0 Å². The zero-order valence-corrected chi connectivity index (χ0v) is 17.4. The standard InChI is InChI=1S/C19H22BNO5.C2H6/c1-18(2)19(3,4)26-20(25-18)15-7-11-17(12-8-15)24-13-14-5-9-16(10-6-14)21(22)23;1-2/h5-12H,13H2,1-4H3;1-2H3. The first-order valence-corrected chi connectivity index (χ1v) is 9.50. The molecule has 1 saturated heterocycles. The summed E-state index contributed by atoms with van der Waals surface area (Å²) in [6.07, 6.45) is 0. The Labute approximate surface area is 167 Å². The Hall–Kier alpha value is -2.38. The fourth-order valence-electron chi connectivity index (χ4n) is 2.58. The Balaban J connectivity index is 0.00000136. The van der Waals surface area contributed by atoms with Gasteiger partial charge in [-0.15, -0.1) is 0 Å². The Morgan fingerprint density at radius 3 is 1.89 bits per heavy atom. The van der Waals surface area contributed by atoms with E-state index in [-0.39, 0.29) is 16.9 Å². The highest BCUT2D eigenvalue weighted by Gasteiger charge is 2.51. The van der Waals surface area contributed by atoms with Gasteiger partial charge in [0.25, 0.3) is 5.69 Å². The van der Waals surface area contributed by atoms with Crippen LogP contribution < -0.4 is 10.2 Å². The second kappa shape index (κ2) is 8.75. The number of hydrogen-bond acceptors (Lipinski definition) is 5. The molecule has 0 bridgehead atoms. The molecule has 1 aliphatic heterocycles. The van der Waals surface area contributed by atoms with Gasteiger partial charge < -0.3 is 14.0 Å². The molecule has 0 aliphatic carbocycles. The van der Waals surface area contributed by atoms with Gasteiger partial charge in [0.2, 0.25) is 0 Å². The Bertz CT molecular complexity index is 771. The van der Waals surface area contributed by atoms with Crippen LogP contribution in [-0.4, -0.2) is 23.2 Å². The van der Waals surface area contributed by atoms with Crippen molar-refractivity contribution in [2.45, 2.75) is 59.4 Å². The molecule has 0 radical (unpaired) electrons. The summed E-state index contributed by atoms with van der Waals surface area (Å²) in [4.78, 5) is 10.2. The number of non-ortho nitro benzene ring substituents is 1. The third-order valence-electron chi connectivity index (χ3n) is 4.96. The molecule has 0 spiro atoms. The van der Waals surface area contributed by atoms with Crippen LogP contribution in [0, 0.1) is 10.1 Å². The molecule has 1 fully saturated rings. The molecule has 0 aromatic heterocycles. The van der Waals surface area contributed by atoms with Crippen LogP contribution in [0.5, 0.6) is 5.75 Å². The van der Waals surface area contributed by atoms with Gasteiger partial charge in [-0.3, -0.25) is 10.1 Å². The van der Waals surface area contributed by atoms with Crippen molar-refractivity contribution in [2.24, 2.45) is 0 Å². The van der Waals surface area contributed by atoms with Crippen LogP contribution in [-0.2, 0) is 15.9 Å². The number of nitrogens with zero attached hydrogens (tertiary/aromatic N) is 1. The molecule has 0 atom stereocenters. The Morgan fingerprint density at radius 1 is 0.929 bits per heavy atom. The van der Waals surface area contributed by atoms with E-state index < -0.39 is 12.0 Å². The van der Waals surface area contributed by atoms with Gasteiger partial charge in [-0.1, -0.05) is 26.0 Å². The monoisotopic (exact) mass is 385 g/mol. The van der Waals surface area contributed by atoms with Crippen molar-refractivity contribution in [1.29, 1.82) is 0 Å². The van der Waals surface area contributed by atoms with Crippen molar-refractivity contribution in [3.63, 3.8) is 0 Å². The minimum atomic E-state index is -0.418. The van der Waals surface area contributed by atoms with E-state index in [1.807, 2.05) is 65.8 Å². The van der Waals surface area contributed by atoms with Crippen molar-refractivity contribution in [1.82, 2.24) is 0 Å². The zero-order chi connectivity index (χ0) is 20.9. The lowest BCUT2D eigenvalue weighted by atomic mass is 9.79. The highest BCUT2D eigenvalue weighted by Crippen LogP contribution is 2.36. The second-order valence-electron chi connectivity index (χ2n) is 7.37. The molecule has 0 saturated carbocycles. The first kappa shape index (κ1) is 21.9. The van der Waals surface area contributed by atoms with Gasteiger partial charge >= 0.3 is 7.12 Å². The SMILES string of the molecule is CC.CC1(C)OB(c2ccc(OCc3ccc([N+](=O)[O-])cc3)cc2)OC1(C)C. The smallest absolute Gasteiger partial charge is 0.489 e. The summed E-state index contributed by atoms with van der Waals surface area (Å²) < 4.78 is 17.8. The van der Waals surface area contributed by atoms with Crippen molar-refractivity contribution < 1.29 is 19.0 Å². The van der Waals surface area contributed by atoms with E-state index in [2.05, 4.69) is 0 Å². The predicted octanol–water partition coefficient (Wildman–Crippen LogP) is 4.50. The van der Waals surface area contributed by atoms with E-state index in [9.17, 15) is 10.1 Å². The summed E-state index contributed by atoms with van der Waals surface area (Å²) in [5.74, 6) is 0.712. The lowest BCUT2D eigenvalue weighted by molar-refractivity contribution is -0.384. The predicted molar refractivity (Wildman–Crippen MR) is 111 cm³/mol. The van der Waals surface area contributed by atoms with Gasteiger partial charge in [-0.2, -0.15) is 0 Å². The minimum absolute atomic E-state index is 0.0699. The van der Waals surface area contributed by atoms with E-state index in [1.54, 1.807) is 12.1 Å². The van der Waals surface area contributed by atoms with Gasteiger partial charge in [0.05, 0.1) is 16.1 Å². The highest BCUT2D eigenvalue weighted by atomic mass is 16.7. The van der Waals surface area contributed by atoms with Crippen LogP contribution in [0.2, 0.25) is 0 Å². The van der Waals surface area contributed by atoms with Crippen LogP contribution in [0.3, 0.4) is 0 Å². The summed E-state index contributed by atoms with van der Waals surface area (Å²) in [5, 5.41) is 10.7. The van der Waals surface area contributed by atoms with Crippen LogP contribution in [0.1, 0.15) is 47.1 Å². The normalized spacial score (nSPS) is 16.9. The number of ether oxygens (including phenoxy) is 1. The van der Waals surface area contributed by atoms with Crippen LogP contribution in [0.4, 0.5) is 5.69 Å². The van der Waals surface area contributed by atoms with Gasteiger partial charge in [0.15, 0.2) is 0 Å². The van der Waals surface area contributed by atoms with E-state index in [1.165, 1.54) is 12.1 Å². The summed E-state index contributed by atoms with van der Waals surface area (Å²) in [5.41, 5.74) is 1.13. The lowest BCUT2D eigenvalue weighted by Gasteiger charge is -2.32. The third kappa shape index (κ3) is 4.91. The van der Waals surface area contributed by atoms with Crippen LogP contribution >= 0.6 is 0 Å². The number of hydrogen-bond donors (Lipinski definition) is 0. The molecular weight excluding hydrogens is 357 g/mol. The molecule has 150 valence electrons. The zero-order valence-electron chi connectivity index (χ0n) is 17.4. The van der Waals surface area contributed by atoms with Gasteiger partial charge in [0.1, 0.15) is 12.4 Å². The van der Waals surface area contributed by atoms with E-state index in [4.69, 9.17) is 14.0 Å². The first-order chi connectivity index (χ1) is 13.2. The molecule has 1 aliphatic rings. The summed E-state index contributed by atoms with van der Waals surface area (Å²) >= 11 is 0. The van der Waals surface area contributed by atoms with E-state index >= 15 is 0 Å². The molecule has 0 amide bonds. The molecular formula is C21H28BNO5. The maximum absolute atomic E-state index is 10.7. The molecule has 2 aromatic carbocycles. The van der Waals surface area contributed by atoms with Gasteiger partial charge in [0, 0.05) is 12.1 Å². The molecule has 1 heterocycles. The number of rotatable bonds is 5. The quantitative estimate of drug-likeness (QED) is 0.431. The largest absolute Gasteiger partial charge is 0.494 e. The van der Waals surface area contributed by atoms with E-state index in [0.29, 0.717) is 12.4 Å². The lowest BCUT2D eigenvalue weighted by Crippen LogP contribution is -2.41. The molecule has 0 N–H and O–H groups in total. The number of nitro groups is 1.